The summed E-state index contributed by atoms with van der Waals surface area (Å²) < 4.78 is 25.7. The summed E-state index contributed by atoms with van der Waals surface area (Å²) in [6.45, 7) is 7.83. The van der Waals surface area contributed by atoms with Crippen molar-refractivity contribution in [2.24, 2.45) is 4.99 Å². The number of hydrogen-bond donors (Lipinski definition) is 4. The van der Waals surface area contributed by atoms with Crippen LogP contribution in [-0.2, 0) is 6.42 Å². The van der Waals surface area contributed by atoms with Gasteiger partial charge in [-0.05, 0) is 107 Å². The maximum absolute atomic E-state index is 13.7. The first-order valence-corrected chi connectivity index (χ1v) is 28.4. The number of carbonyl (C=O) groups excluding carboxylic acids is 1. The van der Waals surface area contributed by atoms with Crippen LogP contribution in [0, 0.1) is 26.8 Å². The summed E-state index contributed by atoms with van der Waals surface area (Å²) in [5, 5.41) is 19.6. The van der Waals surface area contributed by atoms with Crippen LogP contribution in [0.2, 0.25) is 0 Å². The number of halogens is 1. The normalized spacial score (nSPS) is 15.0. The molecule has 3 aliphatic rings. The van der Waals surface area contributed by atoms with Crippen LogP contribution in [0.4, 0.5) is 33.3 Å². The predicted molar refractivity (Wildman–Crippen MR) is 319 cm³/mol. The first kappa shape index (κ1) is 54.7. The van der Waals surface area contributed by atoms with Gasteiger partial charge in [0, 0.05) is 30.3 Å². The van der Waals surface area contributed by atoms with E-state index in [-0.39, 0.29) is 23.7 Å². The Hall–Kier alpha value is -9.20. The lowest BCUT2D eigenvalue weighted by Gasteiger charge is -2.12. The van der Waals surface area contributed by atoms with Gasteiger partial charge in [0.1, 0.15) is 57.4 Å². The molecular formula is C62H68FN17O2. The molecule has 0 saturated heterocycles. The van der Waals surface area contributed by atoms with Crippen molar-refractivity contribution in [3.63, 3.8) is 0 Å². The average molecular weight is 1100 g/mol. The van der Waals surface area contributed by atoms with E-state index >= 15 is 0 Å². The number of rotatable bonds is 12. The molecule has 0 radical (unpaired) electrons. The SMILES string of the molecule is CCc1nc(N)c2c(C(=NC)c3ccccc3Oc3ccccc3)nn(C3CCCC3)c2n1.Cc1cccc(C(=O)c2nn(C3CCCC3)c3nc(C)nc(N)c23)c1.Cc1cccc(Nc2nn(C3CCCC3)c3nc(F)nc(N)c23)c1. The molecule has 4 aromatic carbocycles. The number of aliphatic imine (C=N–C) groups is 1. The van der Waals surface area contributed by atoms with Crippen LogP contribution in [0.3, 0.4) is 0 Å². The van der Waals surface area contributed by atoms with Crippen LogP contribution in [0.1, 0.15) is 152 Å². The summed E-state index contributed by atoms with van der Waals surface area (Å²) in [6, 6.07) is 33.9. The van der Waals surface area contributed by atoms with Crippen molar-refractivity contribution in [2.45, 2.75) is 129 Å². The third-order valence-electron chi connectivity index (χ3n) is 15.5. The summed E-state index contributed by atoms with van der Waals surface area (Å²) in [5.74, 6) is 4.10. The molecular weight excluding hydrogens is 1030 g/mol. The van der Waals surface area contributed by atoms with Crippen LogP contribution in [0.25, 0.3) is 33.1 Å². The number of nitrogens with two attached hydrogens (primary N) is 3. The number of hydrogen-bond acceptors (Lipinski definition) is 16. The number of anilines is 5. The molecule has 82 heavy (non-hydrogen) atoms. The molecule has 0 spiro atoms. The van der Waals surface area contributed by atoms with E-state index in [1.807, 2.05) is 134 Å². The number of benzene rings is 4. The van der Waals surface area contributed by atoms with Crippen molar-refractivity contribution in [1.29, 1.82) is 0 Å². The second-order valence-corrected chi connectivity index (χ2v) is 21.4. The summed E-state index contributed by atoms with van der Waals surface area (Å²) >= 11 is 0. The minimum atomic E-state index is -0.818. The van der Waals surface area contributed by atoms with E-state index in [4.69, 9.17) is 32.0 Å². The molecule has 3 aliphatic carbocycles. The molecule has 19 nitrogen and oxygen atoms in total. The van der Waals surface area contributed by atoms with E-state index in [9.17, 15) is 9.18 Å². The number of nitrogens with zero attached hydrogens (tertiary/aromatic N) is 13. The Morgan fingerprint density at radius 1 is 0.610 bits per heavy atom. The smallest absolute Gasteiger partial charge is 0.312 e. The fourth-order valence-electron chi connectivity index (χ4n) is 11.6. The molecule has 20 heteroatoms. The lowest BCUT2D eigenvalue weighted by atomic mass is 10.0. The van der Waals surface area contributed by atoms with Gasteiger partial charge in [-0.2, -0.15) is 29.7 Å². The lowest BCUT2D eigenvalue weighted by Crippen LogP contribution is -2.11. The van der Waals surface area contributed by atoms with Gasteiger partial charge in [-0.15, -0.1) is 0 Å². The largest absolute Gasteiger partial charge is 0.457 e. The van der Waals surface area contributed by atoms with E-state index in [2.05, 4.69) is 50.1 Å². The lowest BCUT2D eigenvalue weighted by molar-refractivity contribution is 0.103. The molecule has 0 bridgehead atoms. The highest BCUT2D eigenvalue weighted by Gasteiger charge is 2.31. The number of nitrogens with one attached hydrogen (secondary N) is 1. The molecule has 7 N–H and O–H groups in total. The minimum absolute atomic E-state index is 0.108. The number of ketones is 1. The molecule has 13 rings (SSSR count). The van der Waals surface area contributed by atoms with Crippen molar-refractivity contribution in [3.8, 4) is 11.5 Å². The third-order valence-corrected chi connectivity index (χ3v) is 15.5. The quantitative estimate of drug-likeness (QED) is 0.0504. The van der Waals surface area contributed by atoms with Gasteiger partial charge >= 0.3 is 6.08 Å². The Morgan fingerprint density at radius 3 is 1.79 bits per heavy atom. The zero-order valence-electron chi connectivity index (χ0n) is 47.0. The first-order chi connectivity index (χ1) is 39.8. The molecule has 6 aromatic heterocycles. The molecule has 0 atom stereocenters. The molecule has 3 fully saturated rings. The van der Waals surface area contributed by atoms with Gasteiger partial charge in [-0.25, -0.2) is 34.0 Å². The Labute approximate surface area is 474 Å². The van der Waals surface area contributed by atoms with E-state index < -0.39 is 6.08 Å². The Bertz CT molecular complexity index is 3980. The summed E-state index contributed by atoms with van der Waals surface area (Å²) in [6.07, 6.45) is 13.3. The van der Waals surface area contributed by atoms with E-state index in [1.165, 1.54) is 25.7 Å². The summed E-state index contributed by atoms with van der Waals surface area (Å²) in [4.78, 5) is 43.6. The number of fused-ring (bicyclic) bond motifs is 3. The molecule has 3 saturated carbocycles. The number of aromatic nitrogens is 12. The van der Waals surface area contributed by atoms with Gasteiger partial charge in [-0.3, -0.25) is 9.79 Å². The first-order valence-electron chi connectivity index (χ1n) is 28.4. The zero-order valence-corrected chi connectivity index (χ0v) is 47.0. The molecule has 420 valence electrons. The number of ether oxygens (including phenoxy) is 1. The van der Waals surface area contributed by atoms with Crippen molar-refractivity contribution in [1.82, 2.24) is 59.2 Å². The van der Waals surface area contributed by atoms with Crippen LogP contribution < -0.4 is 27.3 Å². The number of carbonyl (C=O) groups is 1. The number of nitrogen functional groups attached to an aromatic ring is 3. The van der Waals surface area contributed by atoms with Crippen molar-refractivity contribution >= 4 is 73.6 Å². The van der Waals surface area contributed by atoms with Crippen molar-refractivity contribution in [2.75, 3.05) is 29.6 Å². The monoisotopic (exact) mass is 1100 g/mol. The van der Waals surface area contributed by atoms with Gasteiger partial charge in [0.15, 0.2) is 22.8 Å². The van der Waals surface area contributed by atoms with Crippen LogP contribution in [0.5, 0.6) is 11.5 Å². The minimum Gasteiger partial charge on any atom is -0.457 e. The van der Waals surface area contributed by atoms with E-state index in [0.29, 0.717) is 86.2 Å². The third kappa shape index (κ3) is 11.3. The van der Waals surface area contributed by atoms with Crippen LogP contribution in [-0.4, -0.2) is 77.8 Å². The van der Waals surface area contributed by atoms with Gasteiger partial charge in [0.05, 0.1) is 34.6 Å². The fourth-order valence-corrected chi connectivity index (χ4v) is 11.6. The topological polar surface area (TPSA) is 260 Å². The molecule has 6 heterocycles. The highest BCUT2D eigenvalue weighted by Crippen LogP contribution is 2.39. The van der Waals surface area contributed by atoms with E-state index in [1.54, 1.807) is 13.1 Å². The number of para-hydroxylation sites is 2. The fraction of sp³-hybridized carbons (Fsp3) is 0.339. The highest BCUT2D eigenvalue weighted by atomic mass is 19.1. The molecule has 0 unspecified atom stereocenters. The standard InChI is InChI=1S/C26H28N6O.C19H21N5O.C17H19FN6/c1-3-21-29-25(27)22-24(31-32(26(22)30-21)17-11-7-8-12-17)23(28-2)19-15-9-10-16-20(19)33-18-13-5-4-6-14-18;1-11-6-5-7-13(10-11)17(25)16-15-18(20)21-12(2)22-19(15)24(23-16)14-8-3-4-9-14;1-10-5-4-6-11(9-10)20-15-13-14(19)21-17(18)22-16(13)24(23-15)12-7-2-3-8-12/h4-6,9-10,13-17H,3,7-8,11-12H2,1-2H3,(H2,27,29,30);5-7,10,14H,3-4,8-9H2,1-2H3,(H2,20,21,22);4-6,9,12H,2-3,7-8H2,1H3,(H,20,23)(H2,19,21,22). The predicted octanol–water partition coefficient (Wildman–Crippen LogP) is 12.4. The Kier molecular flexibility index (Phi) is 15.9. The van der Waals surface area contributed by atoms with Crippen LogP contribution in [0.15, 0.2) is 108 Å². The van der Waals surface area contributed by atoms with Gasteiger partial charge in [-0.1, -0.05) is 112 Å². The van der Waals surface area contributed by atoms with Crippen LogP contribution >= 0.6 is 0 Å². The van der Waals surface area contributed by atoms with Gasteiger partial charge in [0.2, 0.25) is 5.78 Å². The van der Waals surface area contributed by atoms with Gasteiger partial charge < -0.3 is 27.3 Å². The Morgan fingerprint density at radius 2 is 1.16 bits per heavy atom. The molecule has 0 aliphatic heterocycles. The molecule has 0 amide bonds. The number of aryl methyl sites for hydroxylation is 4. The van der Waals surface area contributed by atoms with Crippen molar-refractivity contribution in [3.05, 3.63) is 154 Å². The second-order valence-electron chi connectivity index (χ2n) is 21.4. The summed E-state index contributed by atoms with van der Waals surface area (Å²) in [5.41, 5.74) is 26.8. The van der Waals surface area contributed by atoms with E-state index in [0.717, 1.165) is 96.4 Å². The maximum atomic E-state index is 13.7. The zero-order chi connectivity index (χ0) is 57.0. The highest BCUT2D eigenvalue weighted by molar-refractivity contribution is 6.20. The summed E-state index contributed by atoms with van der Waals surface area (Å²) in [7, 11) is 1.77. The van der Waals surface area contributed by atoms with Crippen molar-refractivity contribution < 1.29 is 13.9 Å². The van der Waals surface area contributed by atoms with Gasteiger partial charge in [0.25, 0.3) is 0 Å². The Balaban J connectivity index is 0.000000131. The second kappa shape index (κ2) is 23.9. The molecule has 10 aromatic rings. The average Bonchev–Trinajstić information content (AvgIpc) is 3.80. The maximum Gasteiger partial charge on any atom is 0.312 e.